The lowest BCUT2D eigenvalue weighted by Crippen LogP contribution is -2.35. The van der Waals surface area contributed by atoms with E-state index < -0.39 is 18.0 Å². The predicted octanol–water partition coefficient (Wildman–Crippen LogP) is 3.82. The van der Waals surface area contributed by atoms with E-state index in [-0.39, 0.29) is 13.3 Å². The van der Waals surface area contributed by atoms with Gasteiger partial charge in [0.1, 0.15) is 5.15 Å². The molecule has 0 radical (unpaired) electrons. The van der Waals surface area contributed by atoms with Crippen LogP contribution in [0.3, 0.4) is 0 Å². The average molecular weight is 468 g/mol. The summed E-state index contributed by atoms with van der Waals surface area (Å²) >= 11 is 6.45. The maximum atomic E-state index is 12.3. The van der Waals surface area contributed by atoms with Crippen LogP contribution in [0.4, 0.5) is 0 Å². The van der Waals surface area contributed by atoms with E-state index in [4.69, 9.17) is 25.8 Å². The van der Waals surface area contributed by atoms with Crippen molar-refractivity contribution >= 4 is 29.6 Å². The molecule has 9 heteroatoms. The molecule has 4 rings (SSSR count). The third kappa shape index (κ3) is 5.18. The maximum Gasteiger partial charge on any atom is 0.331 e. The second-order valence-electron chi connectivity index (χ2n) is 7.36. The van der Waals surface area contributed by atoms with Gasteiger partial charge < -0.3 is 19.5 Å². The van der Waals surface area contributed by atoms with Crippen molar-refractivity contribution < 1.29 is 23.8 Å². The van der Waals surface area contributed by atoms with Crippen LogP contribution in [0.2, 0.25) is 5.15 Å². The normalized spacial score (nSPS) is 13.2. The summed E-state index contributed by atoms with van der Waals surface area (Å²) in [6.07, 6.45) is 1.79. The topological polar surface area (TPSA) is 91.7 Å². The first-order valence-corrected chi connectivity index (χ1v) is 10.7. The van der Waals surface area contributed by atoms with E-state index >= 15 is 0 Å². The number of amides is 1. The van der Waals surface area contributed by atoms with E-state index in [1.54, 1.807) is 23.7 Å². The molecule has 1 amide bonds. The fourth-order valence-electron chi connectivity index (χ4n) is 3.24. The van der Waals surface area contributed by atoms with Crippen LogP contribution >= 0.6 is 11.6 Å². The first-order valence-electron chi connectivity index (χ1n) is 10.3. The molecule has 0 aliphatic carbocycles. The van der Waals surface area contributed by atoms with Crippen LogP contribution in [0.15, 0.2) is 54.6 Å². The van der Waals surface area contributed by atoms with E-state index in [0.29, 0.717) is 27.9 Å². The molecule has 1 N–H and O–H groups in total. The van der Waals surface area contributed by atoms with Crippen molar-refractivity contribution in [3.05, 3.63) is 76.6 Å². The van der Waals surface area contributed by atoms with Gasteiger partial charge in [0, 0.05) is 18.2 Å². The molecule has 0 saturated carbocycles. The van der Waals surface area contributed by atoms with E-state index in [1.165, 1.54) is 19.1 Å². The zero-order chi connectivity index (χ0) is 23.4. The SMILES string of the molecule is Cc1nn(-c2ccccc2)c(Cl)c1/C=C/C(=O)OC(C)C(=O)NCc1ccc2c(c1)OCO2. The highest BCUT2D eigenvalue weighted by atomic mass is 35.5. The summed E-state index contributed by atoms with van der Waals surface area (Å²) in [5.41, 5.74) is 2.90. The molecule has 3 aromatic rings. The van der Waals surface area contributed by atoms with Gasteiger partial charge in [-0.2, -0.15) is 5.10 Å². The average Bonchev–Trinajstić information content (AvgIpc) is 3.40. The van der Waals surface area contributed by atoms with Gasteiger partial charge in [-0.1, -0.05) is 35.9 Å². The number of carbonyl (C=O) groups is 2. The van der Waals surface area contributed by atoms with Gasteiger partial charge >= 0.3 is 5.97 Å². The minimum absolute atomic E-state index is 0.184. The monoisotopic (exact) mass is 467 g/mol. The van der Waals surface area contributed by atoms with Crippen LogP contribution in [0.5, 0.6) is 11.5 Å². The molecule has 1 atom stereocenters. The number of nitrogens with zero attached hydrogens (tertiary/aromatic N) is 2. The fourth-order valence-corrected chi connectivity index (χ4v) is 3.58. The summed E-state index contributed by atoms with van der Waals surface area (Å²) in [7, 11) is 0. The minimum Gasteiger partial charge on any atom is -0.454 e. The highest BCUT2D eigenvalue weighted by molar-refractivity contribution is 6.31. The lowest BCUT2D eigenvalue weighted by Gasteiger charge is -2.12. The lowest BCUT2D eigenvalue weighted by molar-refractivity contribution is -0.150. The molecule has 0 saturated heterocycles. The third-order valence-corrected chi connectivity index (χ3v) is 5.36. The number of hydrogen-bond donors (Lipinski definition) is 1. The molecule has 1 aliphatic heterocycles. The fraction of sp³-hybridized carbons (Fsp3) is 0.208. The van der Waals surface area contributed by atoms with Gasteiger partial charge in [0.25, 0.3) is 5.91 Å². The number of para-hydroxylation sites is 1. The van der Waals surface area contributed by atoms with Crippen molar-refractivity contribution in [3.63, 3.8) is 0 Å². The second kappa shape index (κ2) is 9.79. The number of esters is 1. The predicted molar refractivity (Wildman–Crippen MR) is 122 cm³/mol. The number of hydrogen-bond acceptors (Lipinski definition) is 6. The summed E-state index contributed by atoms with van der Waals surface area (Å²) in [4.78, 5) is 24.6. The molecular formula is C24H22ClN3O5. The third-order valence-electron chi connectivity index (χ3n) is 5.00. The van der Waals surface area contributed by atoms with Gasteiger partial charge in [0.05, 0.1) is 11.4 Å². The minimum atomic E-state index is -0.972. The molecule has 1 aromatic heterocycles. The Balaban J connectivity index is 1.32. The Kier molecular flexibility index (Phi) is 6.65. The Hall–Kier alpha value is -3.78. The second-order valence-corrected chi connectivity index (χ2v) is 7.71. The first kappa shape index (κ1) is 22.4. The number of ether oxygens (including phenoxy) is 3. The first-order chi connectivity index (χ1) is 15.9. The summed E-state index contributed by atoms with van der Waals surface area (Å²) in [5.74, 6) is 0.226. The Morgan fingerprint density at radius 2 is 1.97 bits per heavy atom. The molecule has 1 unspecified atom stereocenters. The molecule has 0 bridgehead atoms. The molecular weight excluding hydrogens is 446 g/mol. The van der Waals surface area contributed by atoms with E-state index in [0.717, 1.165) is 11.3 Å². The van der Waals surface area contributed by atoms with Crippen LogP contribution in [-0.4, -0.2) is 34.6 Å². The molecule has 8 nitrogen and oxygen atoms in total. The number of benzene rings is 2. The molecule has 1 aliphatic rings. The van der Waals surface area contributed by atoms with Gasteiger partial charge in [0.15, 0.2) is 17.6 Å². The van der Waals surface area contributed by atoms with Gasteiger partial charge in [0.2, 0.25) is 6.79 Å². The Morgan fingerprint density at radius 1 is 1.21 bits per heavy atom. The number of rotatable bonds is 7. The Labute approximate surface area is 195 Å². The van der Waals surface area contributed by atoms with Crippen molar-refractivity contribution in [2.24, 2.45) is 0 Å². The van der Waals surface area contributed by atoms with Crippen molar-refractivity contribution in [1.29, 1.82) is 0 Å². The largest absolute Gasteiger partial charge is 0.454 e. The summed E-state index contributed by atoms with van der Waals surface area (Å²) in [6.45, 7) is 3.75. The van der Waals surface area contributed by atoms with Gasteiger partial charge in [-0.05, 0) is 49.8 Å². The van der Waals surface area contributed by atoms with Crippen LogP contribution in [0, 0.1) is 6.92 Å². The molecule has 0 spiro atoms. The van der Waals surface area contributed by atoms with Gasteiger partial charge in [-0.15, -0.1) is 0 Å². The highest BCUT2D eigenvalue weighted by Crippen LogP contribution is 2.32. The number of fused-ring (bicyclic) bond motifs is 1. The smallest absolute Gasteiger partial charge is 0.331 e. The van der Waals surface area contributed by atoms with Crippen LogP contribution in [-0.2, 0) is 20.9 Å². The number of nitrogens with one attached hydrogen (secondary N) is 1. The van der Waals surface area contributed by atoms with Crippen molar-refractivity contribution in [2.45, 2.75) is 26.5 Å². The van der Waals surface area contributed by atoms with Crippen molar-refractivity contribution in [2.75, 3.05) is 6.79 Å². The Bertz CT molecular complexity index is 1210. The Morgan fingerprint density at radius 3 is 2.76 bits per heavy atom. The standard InChI is InChI=1S/C24H22ClN3O5/c1-15-19(23(25)28(27-15)18-6-4-3-5-7-18)9-11-22(29)33-16(2)24(30)26-13-17-8-10-20-21(12-17)32-14-31-20/h3-12,16H,13-14H2,1-2H3,(H,26,30)/b11-9+. The summed E-state index contributed by atoms with van der Waals surface area (Å²) < 4.78 is 17.4. The zero-order valence-electron chi connectivity index (χ0n) is 18.1. The number of aryl methyl sites for hydroxylation is 1. The molecule has 2 heterocycles. The summed E-state index contributed by atoms with van der Waals surface area (Å²) in [6, 6.07) is 14.8. The quantitative estimate of drug-likeness (QED) is 0.419. The van der Waals surface area contributed by atoms with Crippen molar-refractivity contribution in [3.8, 4) is 17.2 Å². The van der Waals surface area contributed by atoms with Gasteiger partial charge in [-0.25, -0.2) is 9.48 Å². The highest BCUT2D eigenvalue weighted by Gasteiger charge is 2.18. The van der Waals surface area contributed by atoms with Crippen molar-refractivity contribution in [1.82, 2.24) is 15.1 Å². The maximum absolute atomic E-state index is 12.3. The number of carbonyl (C=O) groups excluding carboxylic acids is 2. The zero-order valence-corrected chi connectivity index (χ0v) is 18.8. The van der Waals surface area contributed by atoms with Gasteiger partial charge in [-0.3, -0.25) is 4.79 Å². The van der Waals surface area contributed by atoms with Crippen LogP contribution < -0.4 is 14.8 Å². The van der Waals surface area contributed by atoms with E-state index in [1.807, 2.05) is 36.4 Å². The molecule has 33 heavy (non-hydrogen) atoms. The number of halogens is 1. The number of aromatic nitrogens is 2. The molecule has 2 aromatic carbocycles. The molecule has 0 fully saturated rings. The van der Waals surface area contributed by atoms with E-state index in [2.05, 4.69) is 10.4 Å². The van der Waals surface area contributed by atoms with Crippen LogP contribution in [0.25, 0.3) is 11.8 Å². The molecule has 170 valence electrons. The summed E-state index contributed by atoms with van der Waals surface area (Å²) in [5, 5.41) is 7.53. The lowest BCUT2D eigenvalue weighted by atomic mass is 10.2. The van der Waals surface area contributed by atoms with E-state index in [9.17, 15) is 9.59 Å². The van der Waals surface area contributed by atoms with Crippen LogP contribution in [0.1, 0.15) is 23.7 Å².